The predicted molar refractivity (Wildman–Crippen MR) is 467 cm³/mol. The van der Waals surface area contributed by atoms with Crippen molar-refractivity contribution in [3.8, 4) is 0 Å². The van der Waals surface area contributed by atoms with Crippen LogP contribution in [-0.4, -0.2) is 194 Å². The first-order valence-electron chi connectivity index (χ1n) is 42.6. The van der Waals surface area contributed by atoms with Gasteiger partial charge in [0.1, 0.15) is 0 Å². The molecule has 0 bridgehead atoms. The highest BCUT2D eigenvalue weighted by molar-refractivity contribution is 6.75. The lowest BCUT2D eigenvalue weighted by Gasteiger charge is -2.28. The minimum absolute atomic E-state index is 0.00703. The number of carbonyl (C=O) groups is 5. The van der Waals surface area contributed by atoms with Gasteiger partial charge in [-0.05, 0) is 270 Å². The molecule has 0 fully saturated rings. The van der Waals surface area contributed by atoms with E-state index in [1.54, 1.807) is 0 Å². The standard InChI is InChI=1S/C16H28O3Si.C15H32O5Si.C14H30O4Si.C13H28O4Si.C13H28O3Si.C12H26O3Si/c1-6-14(5)15-10-12-16(13-11-15)20(17-7-2,18-8-3)19-9-4;1-7-15(5,6)14(16)17-12-11-13-21(18-8-2,19-9-3)20-10-4;1-7-14(4,5)13(15)16-11-10-12-19(6,17-8-2)18-9-3;1-6-12(4)13(14)15-10-9-11-18(5,16-7-2)17-8-3;1-7-13(3,4)12(14)15-10-9-11-17(5,6)16-8-2;1-6-11(3)12(13)14-9-8-10-16(4,5)15-7-2/h10-14H,6-9H2,1-5H3;7-13H2,1-6H3;7-12H2,1-6H3;12H,6-11H2,1-5H3;7-11H2,1-6H3;11H,6-10H2,1-5H3. The van der Waals surface area contributed by atoms with Crippen molar-refractivity contribution in [3.05, 3.63) is 29.8 Å². The highest BCUT2D eigenvalue weighted by atomic mass is 28.4. The van der Waals surface area contributed by atoms with Gasteiger partial charge in [0.2, 0.25) is 0 Å². The summed E-state index contributed by atoms with van der Waals surface area (Å²) >= 11 is 0. The lowest BCUT2D eigenvalue weighted by Crippen LogP contribution is -2.56. The summed E-state index contributed by atoms with van der Waals surface area (Å²) in [5.74, 6) is 0.0617. The van der Waals surface area contributed by atoms with Gasteiger partial charge in [-0.25, -0.2) is 0 Å². The molecule has 0 saturated carbocycles. The monoisotopic (exact) mass is 1690 g/mol. The maximum absolute atomic E-state index is 11.9. The highest BCUT2D eigenvalue weighted by Crippen LogP contribution is 2.27. The molecule has 111 heavy (non-hydrogen) atoms. The summed E-state index contributed by atoms with van der Waals surface area (Å²) in [6, 6.07) is 13.0. The number of carbonyl (C=O) groups excluding carboxylic acids is 5. The van der Waals surface area contributed by atoms with Crippen LogP contribution in [-0.2, 0) is 101 Å². The first kappa shape index (κ1) is 117. The average molecular weight is 1690 g/mol. The topological polar surface area (TPSA) is 242 Å². The van der Waals surface area contributed by atoms with Gasteiger partial charge in [-0.15, -0.1) is 0 Å². The van der Waals surface area contributed by atoms with E-state index in [0.717, 1.165) is 107 Å². The quantitative estimate of drug-likeness (QED) is 0.0255. The van der Waals surface area contributed by atoms with E-state index in [2.05, 4.69) is 77.4 Å². The third-order valence-electron chi connectivity index (χ3n) is 19.0. The van der Waals surface area contributed by atoms with E-state index in [-0.39, 0.29) is 52.5 Å². The Bertz CT molecular complexity index is 2410. The van der Waals surface area contributed by atoms with Crippen molar-refractivity contribution in [1.82, 2.24) is 0 Å². The molecule has 0 aliphatic carbocycles. The molecule has 0 amide bonds. The molecule has 0 aromatic heterocycles. The van der Waals surface area contributed by atoms with Crippen LogP contribution in [0.2, 0.25) is 69.5 Å². The van der Waals surface area contributed by atoms with Crippen molar-refractivity contribution in [1.29, 1.82) is 0 Å². The Labute approximate surface area is 686 Å². The number of rotatable bonds is 57. The van der Waals surface area contributed by atoms with Crippen LogP contribution in [0.1, 0.15) is 269 Å². The van der Waals surface area contributed by atoms with Crippen LogP contribution >= 0.6 is 0 Å². The maximum atomic E-state index is 11.9. The first-order chi connectivity index (χ1) is 52.0. The summed E-state index contributed by atoms with van der Waals surface area (Å²) in [6.45, 7) is 76.4. The zero-order valence-electron chi connectivity index (χ0n) is 77.4. The molecule has 3 atom stereocenters. The summed E-state index contributed by atoms with van der Waals surface area (Å²) < 4.78 is 95.8. The van der Waals surface area contributed by atoms with Crippen LogP contribution in [0.15, 0.2) is 24.3 Å². The predicted octanol–water partition coefficient (Wildman–Crippen LogP) is 20.3. The summed E-state index contributed by atoms with van der Waals surface area (Å²) in [5.41, 5.74) is 0.186. The normalized spacial score (nSPS) is 13.0. The van der Waals surface area contributed by atoms with Gasteiger partial charge in [0.25, 0.3) is 0 Å². The first-order valence-corrected chi connectivity index (χ1v) is 57.5. The molecule has 0 aliphatic rings. The third kappa shape index (κ3) is 55.7. The zero-order chi connectivity index (χ0) is 86.5. The van der Waals surface area contributed by atoms with Crippen molar-refractivity contribution in [3.63, 3.8) is 0 Å². The Morgan fingerprint density at radius 2 is 0.568 bits per heavy atom. The van der Waals surface area contributed by atoms with E-state index in [9.17, 15) is 24.0 Å². The molecule has 1 aromatic carbocycles. The van der Waals surface area contributed by atoms with E-state index >= 15 is 0 Å². The number of hydrogen-bond donors (Lipinski definition) is 0. The molecule has 22 nitrogen and oxygen atoms in total. The summed E-state index contributed by atoms with van der Waals surface area (Å²) in [7, 11) is -12.5. The second-order valence-electron chi connectivity index (χ2n) is 30.7. The Balaban J connectivity index is -0.000000406. The Hall–Kier alpha value is -2.61. The van der Waals surface area contributed by atoms with Crippen LogP contribution in [0, 0.1) is 28.1 Å². The molecule has 0 N–H and O–H groups in total. The molecule has 0 saturated heterocycles. The smallest absolute Gasteiger partial charge is 0.465 e. The molecule has 0 aliphatic heterocycles. The largest absolute Gasteiger partial charge is 0.537 e. The van der Waals surface area contributed by atoms with Gasteiger partial charge in [-0.3, -0.25) is 24.0 Å². The lowest BCUT2D eigenvalue weighted by molar-refractivity contribution is -0.154. The van der Waals surface area contributed by atoms with Crippen molar-refractivity contribution < 1.29 is 101 Å². The molecule has 0 spiro atoms. The van der Waals surface area contributed by atoms with Gasteiger partial charge < -0.3 is 76.8 Å². The Kier molecular flexibility index (Phi) is 69.9. The SMILES string of the molecule is CCO[Si](C)(C)CCCOC(=O)C(C)(C)CC.CCO[Si](C)(C)CCCOC(=O)C(C)CC.CCO[Si](C)(CCCOC(=O)C(C)(C)CC)OCC.CCO[Si](C)(CCCOC(=O)C(C)CC)OCC.CCO[Si](CCCOC(=O)C(C)(C)CC)(OCC)OCC.CCO[Si](OCC)(OCC)c1ccc(C(C)CC)cc1. The summed E-state index contributed by atoms with van der Waals surface area (Å²) in [6.07, 6.45) is 9.30. The number of hydrogen-bond acceptors (Lipinski definition) is 22. The van der Waals surface area contributed by atoms with E-state index in [1.165, 1.54) is 5.56 Å². The van der Waals surface area contributed by atoms with Crippen LogP contribution in [0.25, 0.3) is 0 Å². The van der Waals surface area contributed by atoms with Crippen LogP contribution in [0.5, 0.6) is 0 Å². The van der Waals surface area contributed by atoms with Gasteiger partial charge >= 0.3 is 64.6 Å². The molecule has 0 heterocycles. The van der Waals surface area contributed by atoms with E-state index in [1.807, 2.05) is 173 Å². The zero-order valence-corrected chi connectivity index (χ0v) is 83.4. The number of ether oxygens (including phenoxy) is 5. The fourth-order valence-corrected chi connectivity index (χ4v) is 23.9. The van der Waals surface area contributed by atoms with Crippen molar-refractivity contribution >= 4 is 86.4 Å². The minimum atomic E-state index is -2.74. The molecule has 1 aromatic rings. The molecule has 28 heteroatoms. The molecule has 1 rings (SSSR count). The second kappa shape index (κ2) is 66.3. The molecular formula is C83H172O22Si6. The maximum Gasteiger partial charge on any atom is 0.537 e. The third-order valence-corrected chi connectivity index (χ3v) is 36.5. The highest BCUT2D eigenvalue weighted by Gasteiger charge is 2.44. The number of benzene rings is 1. The van der Waals surface area contributed by atoms with Crippen molar-refractivity contribution in [2.45, 2.75) is 333 Å². The van der Waals surface area contributed by atoms with Crippen molar-refractivity contribution in [2.75, 3.05) is 112 Å². The van der Waals surface area contributed by atoms with Gasteiger partial charge in [0.05, 0.1) is 61.1 Å². The van der Waals surface area contributed by atoms with E-state index in [0.29, 0.717) is 117 Å². The van der Waals surface area contributed by atoms with Crippen molar-refractivity contribution in [2.24, 2.45) is 28.1 Å². The van der Waals surface area contributed by atoms with Crippen LogP contribution in [0.4, 0.5) is 0 Å². The summed E-state index contributed by atoms with van der Waals surface area (Å²) in [4.78, 5) is 58.3. The van der Waals surface area contributed by atoms with E-state index in [4.69, 9.17) is 76.8 Å². The molecular weight excluding hydrogens is 1520 g/mol. The second-order valence-corrected chi connectivity index (χ2v) is 51.3. The average Bonchev–Trinajstić information content (AvgIpc) is 0.808. The van der Waals surface area contributed by atoms with Gasteiger partial charge in [-0.2, -0.15) is 0 Å². The van der Waals surface area contributed by atoms with Gasteiger partial charge in [0.15, 0.2) is 16.6 Å². The fourth-order valence-electron chi connectivity index (χ4n) is 10.3. The van der Waals surface area contributed by atoms with E-state index < -0.39 is 56.8 Å². The fraction of sp³-hybridized carbons (Fsp3) is 0.867. The van der Waals surface area contributed by atoms with Gasteiger partial charge in [-0.1, -0.05) is 86.6 Å². The Morgan fingerprint density at radius 3 is 0.811 bits per heavy atom. The molecule has 660 valence electrons. The van der Waals surface area contributed by atoms with Crippen LogP contribution in [0.3, 0.4) is 0 Å². The minimum Gasteiger partial charge on any atom is -0.465 e. The molecule has 0 radical (unpaired) electrons. The molecule has 3 unspecified atom stereocenters. The van der Waals surface area contributed by atoms with Gasteiger partial charge in [0, 0.05) is 90.5 Å². The summed E-state index contributed by atoms with van der Waals surface area (Å²) in [5, 5.41) is 1.05. The Morgan fingerprint density at radius 1 is 0.315 bits per heavy atom. The number of esters is 5. The lowest BCUT2D eigenvalue weighted by atomic mass is 9.91. The van der Waals surface area contributed by atoms with Crippen LogP contribution < -0.4 is 5.19 Å².